The van der Waals surface area contributed by atoms with Crippen molar-refractivity contribution in [2.45, 2.75) is 13.8 Å². The van der Waals surface area contributed by atoms with Crippen molar-refractivity contribution in [3.05, 3.63) is 18.0 Å². The summed E-state index contributed by atoms with van der Waals surface area (Å²) in [7, 11) is 4.00. The summed E-state index contributed by atoms with van der Waals surface area (Å²) in [6, 6.07) is 0. The molecule has 1 aromatic rings. The quantitative estimate of drug-likeness (QED) is 0.786. The second-order valence-electron chi connectivity index (χ2n) is 4.10. The van der Waals surface area contributed by atoms with Crippen LogP contribution in [0.25, 0.3) is 0 Å². The van der Waals surface area contributed by atoms with E-state index < -0.39 is 0 Å². The molecule has 0 radical (unpaired) electrons. The van der Waals surface area contributed by atoms with Gasteiger partial charge in [0.25, 0.3) is 0 Å². The van der Waals surface area contributed by atoms with E-state index in [4.69, 9.17) is 0 Å². The van der Waals surface area contributed by atoms with E-state index in [1.807, 2.05) is 33.4 Å². The number of hydrogen-bond donors (Lipinski definition) is 1. The zero-order valence-corrected chi connectivity index (χ0v) is 9.99. The lowest BCUT2D eigenvalue weighted by molar-refractivity contribution is 0.538. The Hall–Kier alpha value is -1.16. The molecule has 0 aliphatic heterocycles. The van der Waals surface area contributed by atoms with Gasteiger partial charge in [-0.1, -0.05) is 6.92 Å². The maximum atomic E-state index is 4.29. The van der Waals surface area contributed by atoms with Crippen LogP contribution < -0.4 is 10.2 Å². The van der Waals surface area contributed by atoms with Gasteiger partial charge in [-0.3, -0.25) is 0 Å². The molecule has 1 atom stereocenters. The third-order valence-electron chi connectivity index (χ3n) is 2.25. The maximum Gasteiger partial charge on any atom is 0.225 e. The Morgan fingerprint density at radius 1 is 1.40 bits per heavy atom. The predicted octanol–water partition coefficient (Wildman–Crippen LogP) is 1.08. The van der Waals surface area contributed by atoms with Gasteiger partial charge in [0.05, 0.1) is 0 Å². The Bertz CT molecular complexity index is 283. The highest BCUT2D eigenvalue weighted by Crippen LogP contribution is 2.06. The van der Waals surface area contributed by atoms with Gasteiger partial charge in [0.2, 0.25) is 5.95 Å². The standard InChI is InChI=1S/C11H20N4/c1-9-6-13-11(14-7-9)15(4)8-10(2)5-12-3/h6-7,10,12H,5,8H2,1-4H3. The molecule has 4 heteroatoms. The van der Waals surface area contributed by atoms with Gasteiger partial charge in [-0.2, -0.15) is 0 Å². The topological polar surface area (TPSA) is 41.0 Å². The van der Waals surface area contributed by atoms with E-state index in [2.05, 4.69) is 27.1 Å². The number of anilines is 1. The average molecular weight is 208 g/mol. The summed E-state index contributed by atoms with van der Waals surface area (Å²) in [5.74, 6) is 1.38. The molecule has 1 heterocycles. The molecule has 0 saturated heterocycles. The van der Waals surface area contributed by atoms with Gasteiger partial charge >= 0.3 is 0 Å². The first-order valence-electron chi connectivity index (χ1n) is 5.28. The molecule has 0 spiro atoms. The number of nitrogens with zero attached hydrogens (tertiary/aromatic N) is 3. The Balaban J connectivity index is 2.53. The molecule has 1 unspecified atom stereocenters. The highest BCUT2D eigenvalue weighted by molar-refractivity contribution is 5.27. The summed E-state index contributed by atoms with van der Waals surface area (Å²) in [5, 5.41) is 3.17. The molecule has 4 nitrogen and oxygen atoms in total. The predicted molar refractivity (Wildman–Crippen MR) is 63.1 cm³/mol. The fraction of sp³-hybridized carbons (Fsp3) is 0.636. The number of aromatic nitrogens is 2. The van der Waals surface area contributed by atoms with E-state index in [0.29, 0.717) is 5.92 Å². The van der Waals surface area contributed by atoms with Crippen LogP contribution in [0.1, 0.15) is 12.5 Å². The molecule has 1 N–H and O–H groups in total. The molecular formula is C11H20N4. The lowest BCUT2D eigenvalue weighted by Gasteiger charge is -2.21. The molecular weight excluding hydrogens is 188 g/mol. The van der Waals surface area contributed by atoms with Crippen molar-refractivity contribution in [3.8, 4) is 0 Å². The van der Waals surface area contributed by atoms with Crippen molar-refractivity contribution < 1.29 is 0 Å². The fourth-order valence-electron chi connectivity index (χ4n) is 1.55. The number of hydrogen-bond acceptors (Lipinski definition) is 4. The van der Waals surface area contributed by atoms with Gasteiger partial charge in [-0.15, -0.1) is 0 Å². The number of aryl methyl sites for hydroxylation is 1. The first-order chi connectivity index (χ1) is 7.13. The van der Waals surface area contributed by atoms with Crippen LogP contribution in [0.4, 0.5) is 5.95 Å². The van der Waals surface area contributed by atoms with Crippen molar-refractivity contribution in [2.75, 3.05) is 32.1 Å². The summed E-state index contributed by atoms with van der Waals surface area (Å²) in [4.78, 5) is 10.7. The molecule has 0 bridgehead atoms. The van der Waals surface area contributed by atoms with Gasteiger partial charge in [-0.05, 0) is 32.0 Å². The molecule has 0 fully saturated rings. The first kappa shape index (κ1) is 11.9. The fourth-order valence-corrected chi connectivity index (χ4v) is 1.55. The van der Waals surface area contributed by atoms with Crippen LogP contribution in [-0.4, -0.2) is 37.2 Å². The Labute approximate surface area is 91.7 Å². The van der Waals surface area contributed by atoms with E-state index in [9.17, 15) is 0 Å². The zero-order chi connectivity index (χ0) is 11.3. The second-order valence-corrected chi connectivity index (χ2v) is 4.10. The van der Waals surface area contributed by atoms with E-state index in [-0.39, 0.29) is 0 Å². The van der Waals surface area contributed by atoms with Gasteiger partial charge < -0.3 is 10.2 Å². The molecule has 84 valence electrons. The van der Waals surface area contributed by atoms with Gasteiger partial charge in [0.1, 0.15) is 0 Å². The highest BCUT2D eigenvalue weighted by Gasteiger charge is 2.08. The van der Waals surface area contributed by atoms with E-state index in [0.717, 1.165) is 24.6 Å². The number of nitrogens with one attached hydrogen (secondary N) is 1. The van der Waals surface area contributed by atoms with Crippen molar-refractivity contribution in [1.29, 1.82) is 0 Å². The smallest absolute Gasteiger partial charge is 0.225 e. The summed E-state index contributed by atoms with van der Waals surface area (Å²) in [6.45, 7) is 6.18. The summed E-state index contributed by atoms with van der Waals surface area (Å²) in [5.41, 5.74) is 1.09. The van der Waals surface area contributed by atoms with Crippen molar-refractivity contribution in [3.63, 3.8) is 0 Å². The van der Waals surface area contributed by atoms with Gasteiger partial charge in [0, 0.05) is 26.0 Å². The molecule has 1 aromatic heterocycles. The summed E-state index contributed by atoms with van der Waals surface area (Å²) in [6.07, 6.45) is 3.70. The van der Waals surface area contributed by atoms with Crippen LogP contribution in [0, 0.1) is 12.8 Å². The van der Waals surface area contributed by atoms with Gasteiger partial charge in [0.15, 0.2) is 0 Å². The van der Waals surface area contributed by atoms with E-state index in [1.165, 1.54) is 0 Å². The normalized spacial score (nSPS) is 12.5. The maximum absolute atomic E-state index is 4.29. The lowest BCUT2D eigenvalue weighted by Crippen LogP contribution is -2.30. The van der Waals surface area contributed by atoms with E-state index in [1.54, 1.807) is 0 Å². The highest BCUT2D eigenvalue weighted by atomic mass is 15.2. The van der Waals surface area contributed by atoms with E-state index >= 15 is 0 Å². The van der Waals surface area contributed by atoms with Gasteiger partial charge in [-0.25, -0.2) is 9.97 Å². The molecule has 1 rings (SSSR count). The van der Waals surface area contributed by atoms with Crippen molar-refractivity contribution in [1.82, 2.24) is 15.3 Å². The molecule has 0 saturated carbocycles. The average Bonchev–Trinajstić information content (AvgIpc) is 2.18. The Kier molecular flexibility index (Phi) is 4.49. The Morgan fingerprint density at radius 2 is 2.00 bits per heavy atom. The minimum Gasteiger partial charge on any atom is -0.344 e. The van der Waals surface area contributed by atoms with Crippen molar-refractivity contribution in [2.24, 2.45) is 5.92 Å². The third kappa shape index (κ3) is 3.83. The van der Waals surface area contributed by atoms with Crippen LogP contribution >= 0.6 is 0 Å². The molecule has 0 aliphatic rings. The summed E-state index contributed by atoms with van der Waals surface area (Å²) < 4.78 is 0. The van der Waals surface area contributed by atoms with Crippen molar-refractivity contribution >= 4 is 5.95 Å². The molecule has 0 amide bonds. The number of rotatable bonds is 5. The van der Waals surface area contributed by atoms with Crippen LogP contribution in [-0.2, 0) is 0 Å². The molecule has 15 heavy (non-hydrogen) atoms. The minimum atomic E-state index is 0.588. The third-order valence-corrected chi connectivity index (χ3v) is 2.25. The van der Waals surface area contributed by atoms with Crippen LogP contribution in [0.2, 0.25) is 0 Å². The Morgan fingerprint density at radius 3 is 2.53 bits per heavy atom. The SMILES string of the molecule is CNCC(C)CN(C)c1ncc(C)cn1. The monoisotopic (exact) mass is 208 g/mol. The van der Waals surface area contributed by atoms with Crippen LogP contribution in [0.15, 0.2) is 12.4 Å². The van der Waals surface area contributed by atoms with Crippen LogP contribution in [0.3, 0.4) is 0 Å². The first-order valence-corrected chi connectivity index (χ1v) is 5.28. The minimum absolute atomic E-state index is 0.588. The molecule has 0 aliphatic carbocycles. The zero-order valence-electron chi connectivity index (χ0n) is 9.99. The lowest BCUT2D eigenvalue weighted by atomic mass is 10.2. The second kappa shape index (κ2) is 5.66. The summed E-state index contributed by atoms with van der Waals surface area (Å²) >= 11 is 0. The largest absolute Gasteiger partial charge is 0.344 e. The molecule has 0 aromatic carbocycles. The van der Waals surface area contributed by atoms with Crippen LogP contribution in [0.5, 0.6) is 0 Å².